The van der Waals surface area contributed by atoms with Gasteiger partial charge >= 0.3 is 0 Å². The molecule has 3 atom stereocenters. The summed E-state index contributed by atoms with van der Waals surface area (Å²) in [6.07, 6.45) is 13.0. The van der Waals surface area contributed by atoms with E-state index in [0.29, 0.717) is 75.5 Å². The Balaban J connectivity index is 1.05. The van der Waals surface area contributed by atoms with E-state index in [1.165, 1.54) is 44.2 Å². The van der Waals surface area contributed by atoms with E-state index in [4.69, 9.17) is 19.1 Å². The third-order valence-electron chi connectivity index (χ3n) is 11.2. The van der Waals surface area contributed by atoms with E-state index in [-0.39, 0.29) is 17.2 Å². The second kappa shape index (κ2) is 10.5. The summed E-state index contributed by atoms with van der Waals surface area (Å²) in [7, 11) is 1.84. The van der Waals surface area contributed by atoms with Crippen molar-refractivity contribution in [2.24, 2.45) is 18.9 Å². The number of benzene rings is 2. The molecule has 0 N–H and O–H groups in total. The number of fused-ring (bicyclic) bond motifs is 2. The first kappa shape index (κ1) is 28.3. The fourth-order valence-electron chi connectivity index (χ4n) is 8.39. The molecule has 7 nitrogen and oxygen atoms in total. The molecule has 0 amide bonds. The van der Waals surface area contributed by atoms with Gasteiger partial charge < -0.3 is 13.7 Å². The lowest BCUT2D eigenvalue weighted by Gasteiger charge is -2.38. The van der Waals surface area contributed by atoms with Gasteiger partial charge in [-0.15, -0.1) is 10.2 Å². The Labute approximate surface area is 266 Å². The van der Waals surface area contributed by atoms with Crippen molar-refractivity contribution in [2.45, 2.75) is 88.8 Å². The van der Waals surface area contributed by atoms with Crippen molar-refractivity contribution in [2.75, 3.05) is 0 Å². The quantitative estimate of drug-likeness (QED) is 0.181. The maximum atomic E-state index is 15.8. The van der Waals surface area contributed by atoms with Crippen LogP contribution in [0.4, 0.5) is 8.78 Å². The van der Waals surface area contributed by atoms with Crippen LogP contribution in [0.5, 0.6) is 0 Å². The average molecular weight is 622 g/mol. The zero-order valence-electron chi connectivity index (χ0n) is 26.2. The number of aryl methyl sites for hydroxylation is 3. The highest BCUT2D eigenvalue weighted by molar-refractivity contribution is 5.84. The van der Waals surface area contributed by atoms with Crippen LogP contribution in [-0.2, 0) is 18.2 Å². The minimum absolute atomic E-state index is 0.157. The number of hydrogen-bond acceptors (Lipinski definition) is 6. The van der Waals surface area contributed by atoms with E-state index in [1.807, 2.05) is 19.2 Å². The first-order valence-corrected chi connectivity index (χ1v) is 16.8. The van der Waals surface area contributed by atoms with Crippen LogP contribution in [0.2, 0.25) is 0 Å². The van der Waals surface area contributed by atoms with Crippen LogP contribution in [0.1, 0.15) is 80.5 Å². The molecule has 3 aromatic heterocycles. The predicted molar refractivity (Wildman–Crippen MR) is 170 cm³/mol. The first-order chi connectivity index (χ1) is 22.3. The Morgan fingerprint density at radius 2 is 1.87 bits per heavy atom. The van der Waals surface area contributed by atoms with E-state index in [9.17, 15) is 4.39 Å². The van der Waals surface area contributed by atoms with Crippen molar-refractivity contribution >= 4 is 11.1 Å². The van der Waals surface area contributed by atoms with E-state index < -0.39 is 0 Å². The van der Waals surface area contributed by atoms with Gasteiger partial charge in [0.15, 0.2) is 11.4 Å². The van der Waals surface area contributed by atoms with E-state index in [1.54, 1.807) is 23.9 Å². The van der Waals surface area contributed by atoms with Gasteiger partial charge in [-0.05, 0) is 130 Å². The summed E-state index contributed by atoms with van der Waals surface area (Å²) >= 11 is 0. The molecule has 9 heteroatoms. The van der Waals surface area contributed by atoms with E-state index in [2.05, 4.69) is 16.3 Å². The standard InChI is InChI=1S/C37H37F2N5O2/c1-20-33(39)23(7-4-21-8-11-32-28(21)18-37(46-32)12-3-13-37)14-30-34(20)45-36(42-30)31-16-24(15-29(41-31)22-5-6-22)26-10-9-25(38)17-27(26)35-43-40-19-44(35)2/h9-10,14-17,19,21-22,28,32H,3-8,11-13,18H2,1-2H3. The Hall–Kier alpha value is -3.98. The topological polar surface area (TPSA) is 78.9 Å². The van der Waals surface area contributed by atoms with Gasteiger partial charge in [-0.3, -0.25) is 0 Å². The normalized spacial score (nSPS) is 23.3. The van der Waals surface area contributed by atoms with Crippen molar-refractivity contribution in [1.82, 2.24) is 24.7 Å². The van der Waals surface area contributed by atoms with E-state index >= 15 is 4.39 Å². The zero-order chi connectivity index (χ0) is 31.2. The molecule has 3 unspecified atom stereocenters. The van der Waals surface area contributed by atoms with Crippen LogP contribution in [0, 0.1) is 30.4 Å². The van der Waals surface area contributed by atoms with Crippen molar-refractivity contribution < 1.29 is 17.9 Å². The number of nitrogens with zero attached hydrogens (tertiary/aromatic N) is 5. The summed E-state index contributed by atoms with van der Waals surface area (Å²) in [5.74, 6) is 1.91. The van der Waals surface area contributed by atoms with Crippen LogP contribution >= 0.6 is 0 Å². The lowest BCUT2D eigenvalue weighted by atomic mass is 9.73. The fourth-order valence-corrected chi connectivity index (χ4v) is 8.39. The Morgan fingerprint density at radius 1 is 1.00 bits per heavy atom. The van der Waals surface area contributed by atoms with Crippen LogP contribution in [-0.4, -0.2) is 36.4 Å². The van der Waals surface area contributed by atoms with Gasteiger partial charge in [0.25, 0.3) is 0 Å². The molecule has 46 heavy (non-hydrogen) atoms. The summed E-state index contributed by atoms with van der Waals surface area (Å²) < 4.78 is 44.8. The molecular weight excluding hydrogens is 584 g/mol. The summed E-state index contributed by atoms with van der Waals surface area (Å²) in [5, 5.41) is 8.25. The largest absolute Gasteiger partial charge is 0.434 e. The van der Waals surface area contributed by atoms with Gasteiger partial charge in [-0.2, -0.15) is 0 Å². The molecular formula is C37H37F2N5O2. The maximum absolute atomic E-state index is 15.8. The molecule has 4 fully saturated rings. The number of ether oxygens (including phenoxy) is 1. The van der Waals surface area contributed by atoms with Crippen LogP contribution in [0.3, 0.4) is 0 Å². The molecule has 3 saturated carbocycles. The Bertz CT molecular complexity index is 1990. The van der Waals surface area contributed by atoms with Crippen LogP contribution < -0.4 is 0 Å². The summed E-state index contributed by atoms with van der Waals surface area (Å²) in [5.41, 5.74) is 6.28. The van der Waals surface area contributed by atoms with Crippen LogP contribution in [0.25, 0.3) is 45.2 Å². The van der Waals surface area contributed by atoms with Crippen LogP contribution in [0.15, 0.2) is 47.1 Å². The minimum atomic E-state index is -0.350. The SMILES string of the molecule is Cc1c(F)c(CCC2CCC3OC4(CCC4)CC23)cc2nc(-c3cc(-c4ccc(F)cc4-c4nncn4C)cc(C4CC4)n3)oc12. The van der Waals surface area contributed by atoms with Gasteiger partial charge in [0.1, 0.15) is 29.2 Å². The second-order valence-electron chi connectivity index (χ2n) is 14.2. The minimum Gasteiger partial charge on any atom is -0.434 e. The Morgan fingerprint density at radius 3 is 2.63 bits per heavy atom. The van der Waals surface area contributed by atoms with Crippen molar-refractivity contribution in [3.63, 3.8) is 0 Å². The number of aromatic nitrogens is 5. The first-order valence-electron chi connectivity index (χ1n) is 16.8. The summed E-state index contributed by atoms with van der Waals surface area (Å²) in [4.78, 5) is 9.83. The van der Waals surface area contributed by atoms with Crippen molar-refractivity contribution in [1.29, 1.82) is 0 Å². The van der Waals surface area contributed by atoms with Crippen molar-refractivity contribution in [3.8, 4) is 34.1 Å². The third kappa shape index (κ3) is 4.69. The molecule has 4 aliphatic rings. The van der Waals surface area contributed by atoms with Gasteiger partial charge in [0.2, 0.25) is 5.89 Å². The van der Waals surface area contributed by atoms with Gasteiger partial charge in [-0.1, -0.05) is 6.07 Å². The molecule has 1 aliphatic heterocycles. The van der Waals surface area contributed by atoms with Crippen molar-refractivity contribution in [3.05, 3.63) is 71.2 Å². The molecule has 0 bridgehead atoms. The fraction of sp³-hybridized carbons (Fsp3) is 0.459. The lowest BCUT2D eigenvalue weighted by Crippen LogP contribution is -2.37. The molecule has 236 valence electrons. The van der Waals surface area contributed by atoms with Gasteiger partial charge in [0, 0.05) is 29.8 Å². The molecule has 1 saturated heterocycles. The number of hydrogen-bond donors (Lipinski definition) is 0. The highest BCUT2D eigenvalue weighted by atomic mass is 19.1. The molecule has 3 aliphatic carbocycles. The summed E-state index contributed by atoms with van der Waals surface area (Å²) in [6.45, 7) is 1.78. The lowest BCUT2D eigenvalue weighted by molar-refractivity contribution is -0.0915. The molecule has 0 radical (unpaired) electrons. The number of oxazole rings is 1. The smallest absolute Gasteiger partial charge is 0.246 e. The average Bonchev–Trinajstić information content (AvgIpc) is 3.32. The molecule has 1 spiro atoms. The number of pyridine rings is 1. The van der Waals surface area contributed by atoms with Gasteiger partial charge in [-0.25, -0.2) is 18.7 Å². The van der Waals surface area contributed by atoms with E-state index in [0.717, 1.165) is 42.5 Å². The highest BCUT2D eigenvalue weighted by Gasteiger charge is 2.53. The number of rotatable bonds is 7. The molecule has 5 aromatic rings. The second-order valence-corrected chi connectivity index (χ2v) is 14.2. The molecule has 9 rings (SSSR count). The zero-order valence-corrected chi connectivity index (χ0v) is 26.2. The molecule has 4 heterocycles. The molecule has 2 aromatic carbocycles. The highest BCUT2D eigenvalue weighted by Crippen LogP contribution is 2.55. The predicted octanol–water partition coefficient (Wildman–Crippen LogP) is 8.49. The third-order valence-corrected chi connectivity index (χ3v) is 11.2. The maximum Gasteiger partial charge on any atom is 0.246 e. The monoisotopic (exact) mass is 621 g/mol. The Kier molecular flexibility index (Phi) is 6.46. The number of halogens is 2. The summed E-state index contributed by atoms with van der Waals surface area (Å²) in [6, 6.07) is 10.6. The van der Waals surface area contributed by atoms with Gasteiger partial charge in [0.05, 0.1) is 11.7 Å².